The molecule has 0 fully saturated rings. The number of hydrogen-bond acceptors (Lipinski definition) is 2. The monoisotopic (exact) mass is 112 g/mol. The smallest absolute Gasteiger partial charge is 0.0548 e. The summed E-state index contributed by atoms with van der Waals surface area (Å²) in [7, 11) is 0. The van der Waals surface area contributed by atoms with E-state index in [1.807, 2.05) is 13.0 Å². The molecule has 0 bridgehead atoms. The van der Waals surface area contributed by atoms with Gasteiger partial charge in [0.1, 0.15) is 0 Å². The van der Waals surface area contributed by atoms with Gasteiger partial charge >= 0.3 is 0 Å². The Morgan fingerprint density at radius 3 is 2.71 bits per heavy atom. The molecule has 0 saturated carbocycles. The number of hydrogen-bond donors (Lipinski definition) is 0. The van der Waals surface area contributed by atoms with Crippen molar-refractivity contribution in [2.75, 3.05) is 0 Å². The van der Waals surface area contributed by atoms with Crippen molar-refractivity contribution in [3.8, 4) is 0 Å². The van der Waals surface area contributed by atoms with Gasteiger partial charge in [0.05, 0.1) is 5.69 Å². The van der Waals surface area contributed by atoms with Gasteiger partial charge in [0.15, 0.2) is 0 Å². The Morgan fingerprint density at radius 1 is 1.86 bits per heavy atom. The molecular formula is C5H6NS. The summed E-state index contributed by atoms with van der Waals surface area (Å²) in [5.74, 6) is 0. The molecule has 0 atom stereocenters. The summed E-state index contributed by atoms with van der Waals surface area (Å²) in [6.07, 6.45) is 0. The van der Waals surface area contributed by atoms with E-state index in [1.165, 1.54) is 16.4 Å². The van der Waals surface area contributed by atoms with Gasteiger partial charge in [0.2, 0.25) is 0 Å². The molecular weight excluding hydrogens is 106 g/mol. The zero-order chi connectivity index (χ0) is 5.28. The molecule has 1 rings (SSSR count). The molecule has 0 aliphatic rings. The predicted octanol–water partition coefficient (Wildman–Crippen LogP) is 1.63. The van der Waals surface area contributed by atoms with Gasteiger partial charge < -0.3 is 0 Å². The number of rotatable bonds is 0. The standard InChI is InChI=1S/C5H6NS/c1-4-3-5(2)7-6-4/h3H,1H2,2H3. The van der Waals surface area contributed by atoms with Crippen LogP contribution in [0.5, 0.6) is 0 Å². The first-order chi connectivity index (χ1) is 3.29. The van der Waals surface area contributed by atoms with Gasteiger partial charge in [-0.25, -0.2) is 0 Å². The largest absolute Gasteiger partial charge is 0.197 e. The van der Waals surface area contributed by atoms with E-state index in [0.29, 0.717) is 0 Å². The van der Waals surface area contributed by atoms with Crippen molar-refractivity contribution in [3.63, 3.8) is 0 Å². The molecule has 0 saturated heterocycles. The second-order valence-corrected chi connectivity index (χ2v) is 2.44. The maximum absolute atomic E-state index is 3.95. The van der Waals surface area contributed by atoms with Crippen LogP contribution in [0.25, 0.3) is 0 Å². The molecule has 2 heteroatoms. The number of aromatic nitrogens is 1. The lowest BCUT2D eigenvalue weighted by atomic mass is 10.4. The summed E-state index contributed by atoms with van der Waals surface area (Å²) in [5, 5.41) is 0. The van der Waals surface area contributed by atoms with Crippen molar-refractivity contribution in [1.29, 1.82) is 0 Å². The molecule has 1 radical (unpaired) electrons. The molecule has 0 spiro atoms. The average molecular weight is 112 g/mol. The van der Waals surface area contributed by atoms with E-state index in [4.69, 9.17) is 0 Å². The molecule has 0 amide bonds. The van der Waals surface area contributed by atoms with E-state index in [0.717, 1.165) is 5.69 Å². The lowest BCUT2D eigenvalue weighted by Gasteiger charge is -1.66. The van der Waals surface area contributed by atoms with Gasteiger partial charge in [-0.05, 0) is 31.4 Å². The highest BCUT2D eigenvalue weighted by molar-refractivity contribution is 7.05. The first-order valence-electron chi connectivity index (χ1n) is 2.04. The number of aryl methyl sites for hydroxylation is 1. The van der Waals surface area contributed by atoms with Crippen LogP contribution in [0.3, 0.4) is 0 Å². The van der Waals surface area contributed by atoms with Crippen molar-refractivity contribution < 1.29 is 0 Å². The van der Waals surface area contributed by atoms with Crippen molar-refractivity contribution in [2.24, 2.45) is 0 Å². The molecule has 0 aromatic carbocycles. The van der Waals surface area contributed by atoms with E-state index < -0.39 is 0 Å². The highest BCUT2D eigenvalue weighted by atomic mass is 32.1. The second-order valence-electron chi connectivity index (χ2n) is 1.43. The van der Waals surface area contributed by atoms with E-state index in [9.17, 15) is 0 Å². The summed E-state index contributed by atoms with van der Waals surface area (Å²) in [6.45, 7) is 5.66. The van der Waals surface area contributed by atoms with Crippen LogP contribution in [0, 0.1) is 13.8 Å². The van der Waals surface area contributed by atoms with Crippen molar-refractivity contribution >= 4 is 11.5 Å². The van der Waals surface area contributed by atoms with Crippen LogP contribution in [-0.4, -0.2) is 4.37 Å². The summed E-state index contributed by atoms with van der Waals surface area (Å²) in [6, 6.07) is 1.96. The highest BCUT2D eigenvalue weighted by Crippen LogP contribution is 2.04. The summed E-state index contributed by atoms with van der Waals surface area (Å²) < 4.78 is 3.95. The fraction of sp³-hybridized carbons (Fsp3) is 0.200. The summed E-state index contributed by atoms with van der Waals surface area (Å²) >= 11 is 1.49. The molecule has 37 valence electrons. The minimum Gasteiger partial charge on any atom is -0.197 e. The molecule has 0 aliphatic heterocycles. The lowest BCUT2D eigenvalue weighted by molar-refractivity contribution is 1.46. The van der Waals surface area contributed by atoms with Gasteiger partial charge in [-0.2, -0.15) is 4.37 Å². The zero-order valence-electron chi connectivity index (χ0n) is 4.14. The predicted molar refractivity (Wildman–Crippen MR) is 31.3 cm³/mol. The van der Waals surface area contributed by atoms with Crippen LogP contribution < -0.4 is 0 Å². The molecule has 0 unspecified atom stereocenters. The fourth-order valence-electron chi connectivity index (χ4n) is 0.418. The third-order valence-electron chi connectivity index (χ3n) is 0.677. The van der Waals surface area contributed by atoms with Crippen molar-refractivity contribution in [2.45, 2.75) is 6.92 Å². The Bertz CT molecular complexity index is 140. The van der Waals surface area contributed by atoms with Crippen LogP contribution in [0.1, 0.15) is 10.6 Å². The summed E-state index contributed by atoms with van der Waals surface area (Å²) in [5.41, 5.74) is 0.877. The van der Waals surface area contributed by atoms with Crippen LogP contribution in [0.2, 0.25) is 0 Å². The topological polar surface area (TPSA) is 12.9 Å². The lowest BCUT2D eigenvalue weighted by Crippen LogP contribution is -1.58. The second kappa shape index (κ2) is 1.62. The minimum atomic E-state index is 0.877. The van der Waals surface area contributed by atoms with Crippen molar-refractivity contribution in [1.82, 2.24) is 4.37 Å². The zero-order valence-corrected chi connectivity index (χ0v) is 4.96. The number of nitrogens with zero attached hydrogens (tertiary/aromatic N) is 1. The maximum atomic E-state index is 3.95. The van der Waals surface area contributed by atoms with Crippen LogP contribution in [0.4, 0.5) is 0 Å². The van der Waals surface area contributed by atoms with Gasteiger partial charge in [0, 0.05) is 4.88 Å². The van der Waals surface area contributed by atoms with Crippen LogP contribution in [0.15, 0.2) is 6.07 Å². The molecule has 1 aromatic heterocycles. The third-order valence-corrected chi connectivity index (χ3v) is 1.41. The van der Waals surface area contributed by atoms with E-state index >= 15 is 0 Å². The van der Waals surface area contributed by atoms with E-state index in [1.54, 1.807) is 0 Å². The first-order valence-corrected chi connectivity index (χ1v) is 2.81. The van der Waals surface area contributed by atoms with Crippen LogP contribution in [-0.2, 0) is 0 Å². The third kappa shape index (κ3) is 0.996. The van der Waals surface area contributed by atoms with Crippen molar-refractivity contribution in [3.05, 3.63) is 23.6 Å². The normalized spacial score (nSPS) is 9.43. The maximum Gasteiger partial charge on any atom is 0.0548 e. The summed E-state index contributed by atoms with van der Waals surface area (Å²) in [4.78, 5) is 1.23. The molecule has 1 heterocycles. The quantitative estimate of drug-likeness (QED) is 0.497. The van der Waals surface area contributed by atoms with Gasteiger partial charge in [-0.1, -0.05) is 0 Å². The minimum absolute atomic E-state index is 0.877. The molecule has 0 aliphatic carbocycles. The first kappa shape index (κ1) is 4.78. The van der Waals surface area contributed by atoms with Gasteiger partial charge in [-0.15, -0.1) is 0 Å². The Morgan fingerprint density at radius 2 is 2.57 bits per heavy atom. The van der Waals surface area contributed by atoms with E-state index in [2.05, 4.69) is 11.3 Å². The highest BCUT2D eigenvalue weighted by Gasteiger charge is 1.86. The average Bonchev–Trinajstić information content (AvgIpc) is 1.87. The fourth-order valence-corrected chi connectivity index (χ4v) is 0.921. The SMILES string of the molecule is [CH2]c1cc(C)sn1. The van der Waals surface area contributed by atoms with Gasteiger partial charge in [-0.3, -0.25) is 0 Å². The molecule has 7 heavy (non-hydrogen) atoms. The van der Waals surface area contributed by atoms with E-state index in [-0.39, 0.29) is 0 Å². The molecule has 0 N–H and O–H groups in total. The Kier molecular flexibility index (Phi) is 1.11. The molecule has 1 aromatic rings. The van der Waals surface area contributed by atoms with Gasteiger partial charge in [0.25, 0.3) is 0 Å². The van der Waals surface area contributed by atoms with Crippen LogP contribution >= 0.6 is 11.5 Å². The Balaban J connectivity index is 3.04. The Hall–Kier alpha value is -0.370. The Labute approximate surface area is 47.2 Å². The molecule has 1 nitrogen and oxygen atoms in total.